The molecule has 0 bridgehead atoms. The van der Waals surface area contributed by atoms with Gasteiger partial charge < -0.3 is 4.90 Å². The number of aromatic nitrogens is 4. The second-order valence-corrected chi connectivity index (χ2v) is 8.56. The SMILES string of the molecule is O=C(c1nc2c(C(F)(F)F)cc(-c3cn[nH]c3)cn2c1Br)N1CC=C(c2ccc(F)cc2)CC1. The molecule has 0 radical (unpaired) electrons. The van der Waals surface area contributed by atoms with Crippen LogP contribution in [0.4, 0.5) is 17.6 Å². The Bertz CT molecular complexity index is 1410. The monoisotopic (exact) mass is 533 g/mol. The zero-order chi connectivity index (χ0) is 24.0. The number of hydrogen-bond donors (Lipinski definition) is 1. The Balaban J connectivity index is 1.50. The molecular formula is C23H16BrF4N5O. The summed E-state index contributed by atoms with van der Waals surface area (Å²) in [6, 6.07) is 7.09. The van der Waals surface area contributed by atoms with Crippen LogP contribution in [0.15, 0.2) is 59.6 Å². The van der Waals surface area contributed by atoms with Gasteiger partial charge in [-0.2, -0.15) is 18.3 Å². The van der Waals surface area contributed by atoms with E-state index in [2.05, 4.69) is 31.1 Å². The van der Waals surface area contributed by atoms with Crippen molar-refractivity contribution in [1.82, 2.24) is 24.5 Å². The van der Waals surface area contributed by atoms with Gasteiger partial charge in [0.2, 0.25) is 0 Å². The number of pyridine rings is 1. The van der Waals surface area contributed by atoms with E-state index in [-0.39, 0.29) is 33.9 Å². The van der Waals surface area contributed by atoms with E-state index in [1.807, 2.05) is 6.08 Å². The molecular weight excluding hydrogens is 518 g/mol. The lowest BCUT2D eigenvalue weighted by Gasteiger charge is -2.26. The number of benzene rings is 1. The van der Waals surface area contributed by atoms with Gasteiger partial charge in [-0.05, 0) is 51.7 Å². The molecule has 4 heterocycles. The van der Waals surface area contributed by atoms with Crippen molar-refractivity contribution in [3.05, 3.63) is 82.2 Å². The molecule has 1 aliphatic rings. The molecule has 1 amide bonds. The average Bonchev–Trinajstić information content (AvgIpc) is 3.47. The summed E-state index contributed by atoms with van der Waals surface area (Å²) < 4.78 is 56.1. The number of alkyl halides is 3. The van der Waals surface area contributed by atoms with E-state index in [0.29, 0.717) is 18.5 Å². The largest absolute Gasteiger partial charge is 0.420 e. The molecule has 174 valence electrons. The number of hydrogen-bond acceptors (Lipinski definition) is 3. The first-order valence-electron chi connectivity index (χ1n) is 10.2. The first-order chi connectivity index (χ1) is 16.2. The lowest BCUT2D eigenvalue weighted by molar-refractivity contribution is -0.136. The summed E-state index contributed by atoms with van der Waals surface area (Å²) in [5.74, 6) is -0.814. The third kappa shape index (κ3) is 4.00. The number of aromatic amines is 1. The Morgan fingerprint density at radius 2 is 1.88 bits per heavy atom. The topological polar surface area (TPSA) is 66.3 Å². The molecule has 0 saturated carbocycles. The van der Waals surface area contributed by atoms with Crippen molar-refractivity contribution in [2.45, 2.75) is 12.6 Å². The molecule has 0 atom stereocenters. The zero-order valence-corrected chi connectivity index (χ0v) is 19.0. The summed E-state index contributed by atoms with van der Waals surface area (Å²) in [5.41, 5.74) is 1.16. The standard InChI is InChI=1S/C23H16BrF4N5O/c24-20-19(22(34)32-7-5-14(6-8-32)13-1-3-17(25)4-2-13)31-21-18(23(26,27)28)9-15(12-33(20)21)16-10-29-30-11-16/h1-5,9-12H,6-8H2,(H,29,30). The highest BCUT2D eigenvalue weighted by Gasteiger charge is 2.36. The second kappa shape index (κ2) is 8.39. The summed E-state index contributed by atoms with van der Waals surface area (Å²) in [5, 5.41) is 6.37. The minimum atomic E-state index is -4.68. The summed E-state index contributed by atoms with van der Waals surface area (Å²) in [6.45, 7) is 0.618. The fourth-order valence-corrected chi connectivity index (χ4v) is 4.49. The van der Waals surface area contributed by atoms with Gasteiger partial charge in [-0.25, -0.2) is 9.37 Å². The van der Waals surface area contributed by atoms with Crippen LogP contribution in [0.2, 0.25) is 0 Å². The quantitative estimate of drug-likeness (QED) is 0.350. The number of nitrogens with one attached hydrogen (secondary N) is 1. The van der Waals surface area contributed by atoms with Gasteiger partial charge in [0.1, 0.15) is 10.4 Å². The van der Waals surface area contributed by atoms with Gasteiger partial charge in [0.25, 0.3) is 5.91 Å². The molecule has 0 aliphatic carbocycles. The zero-order valence-electron chi connectivity index (χ0n) is 17.4. The van der Waals surface area contributed by atoms with E-state index in [9.17, 15) is 22.4 Å². The van der Waals surface area contributed by atoms with Crippen molar-refractivity contribution < 1.29 is 22.4 Å². The molecule has 1 aromatic carbocycles. The number of fused-ring (bicyclic) bond motifs is 1. The number of H-pyrrole nitrogens is 1. The van der Waals surface area contributed by atoms with Crippen LogP contribution in [0.5, 0.6) is 0 Å². The molecule has 0 saturated heterocycles. The molecule has 11 heteroatoms. The normalized spacial score (nSPS) is 14.5. The third-order valence-corrected chi connectivity index (χ3v) is 6.47. The van der Waals surface area contributed by atoms with Gasteiger partial charge in [0, 0.05) is 36.6 Å². The van der Waals surface area contributed by atoms with Crippen LogP contribution in [-0.4, -0.2) is 43.5 Å². The van der Waals surface area contributed by atoms with E-state index < -0.39 is 17.6 Å². The Morgan fingerprint density at radius 3 is 2.50 bits per heavy atom. The minimum Gasteiger partial charge on any atom is -0.333 e. The molecule has 0 fully saturated rings. The van der Waals surface area contributed by atoms with Crippen LogP contribution in [0.25, 0.3) is 22.3 Å². The first-order valence-corrected chi connectivity index (χ1v) is 11.0. The fourth-order valence-electron chi connectivity index (χ4n) is 3.96. The molecule has 4 aromatic rings. The highest BCUT2D eigenvalue weighted by atomic mass is 79.9. The molecule has 34 heavy (non-hydrogen) atoms. The predicted octanol–water partition coefficient (Wildman–Crippen LogP) is 5.57. The lowest BCUT2D eigenvalue weighted by atomic mass is 9.99. The van der Waals surface area contributed by atoms with Crippen LogP contribution in [0.1, 0.15) is 28.0 Å². The van der Waals surface area contributed by atoms with Crippen LogP contribution < -0.4 is 0 Å². The summed E-state index contributed by atoms with van der Waals surface area (Å²) in [4.78, 5) is 18.8. The van der Waals surface area contributed by atoms with E-state index in [1.54, 1.807) is 12.1 Å². The molecule has 6 nitrogen and oxygen atoms in total. The smallest absolute Gasteiger partial charge is 0.333 e. The maximum absolute atomic E-state index is 13.8. The Hall–Kier alpha value is -3.47. The molecule has 0 spiro atoms. The van der Waals surface area contributed by atoms with E-state index >= 15 is 0 Å². The number of nitrogens with zero attached hydrogens (tertiary/aromatic N) is 4. The van der Waals surface area contributed by atoms with Crippen LogP contribution >= 0.6 is 15.9 Å². The Morgan fingerprint density at radius 1 is 1.12 bits per heavy atom. The van der Waals surface area contributed by atoms with Gasteiger partial charge in [0.15, 0.2) is 11.3 Å². The van der Waals surface area contributed by atoms with Crippen LogP contribution in [0.3, 0.4) is 0 Å². The maximum Gasteiger partial charge on any atom is 0.420 e. The number of amides is 1. The van der Waals surface area contributed by atoms with Crippen molar-refractivity contribution in [3.8, 4) is 11.1 Å². The number of halogens is 5. The number of rotatable bonds is 3. The lowest BCUT2D eigenvalue weighted by Crippen LogP contribution is -2.35. The second-order valence-electron chi connectivity index (χ2n) is 7.81. The molecule has 1 N–H and O–H groups in total. The molecule has 5 rings (SSSR count). The highest BCUT2D eigenvalue weighted by Crippen LogP contribution is 2.37. The molecule has 3 aromatic heterocycles. The Labute approximate surface area is 199 Å². The number of carbonyl (C=O) groups is 1. The van der Waals surface area contributed by atoms with Crippen molar-refractivity contribution in [3.63, 3.8) is 0 Å². The molecule has 1 aliphatic heterocycles. The Kier molecular flexibility index (Phi) is 5.51. The maximum atomic E-state index is 13.8. The highest BCUT2D eigenvalue weighted by molar-refractivity contribution is 9.10. The molecule has 0 unspecified atom stereocenters. The third-order valence-electron chi connectivity index (χ3n) is 5.71. The summed E-state index contributed by atoms with van der Waals surface area (Å²) in [6.07, 6.45) is 2.08. The minimum absolute atomic E-state index is 0.103. The van der Waals surface area contributed by atoms with Crippen LogP contribution in [-0.2, 0) is 6.18 Å². The van der Waals surface area contributed by atoms with Crippen molar-refractivity contribution in [2.24, 2.45) is 0 Å². The van der Waals surface area contributed by atoms with E-state index in [0.717, 1.165) is 17.2 Å². The van der Waals surface area contributed by atoms with Gasteiger partial charge in [-0.1, -0.05) is 18.2 Å². The van der Waals surface area contributed by atoms with Crippen LogP contribution in [0, 0.1) is 5.82 Å². The van der Waals surface area contributed by atoms with Crippen molar-refractivity contribution >= 4 is 33.1 Å². The number of imidazole rings is 1. The van der Waals surface area contributed by atoms with Gasteiger partial charge in [0.05, 0.1) is 11.8 Å². The van der Waals surface area contributed by atoms with Gasteiger partial charge >= 0.3 is 6.18 Å². The van der Waals surface area contributed by atoms with E-state index in [4.69, 9.17) is 0 Å². The summed E-state index contributed by atoms with van der Waals surface area (Å²) in [7, 11) is 0. The van der Waals surface area contributed by atoms with Crippen molar-refractivity contribution in [1.29, 1.82) is 0 Å². The van der Waals surface area contributed by atoms with Gasteiger partial charge in [-0.15, -0.1) is 0 Å². The van der Waals surface area contributed by atoms with Gasteiger partial charge in [-0.3, -0.25) is 14.3 Å². The summed E-state index contributed by atoms with van der Waals surface area (Å²) >= 11 is 3.28. The first kappa shape index (κ1) is 22.3. The predicted molar refractivity (Wildman–Crippen MR) is 120 cm³/mol. The van der Waals surface area contributed by atoms with Crippen molar-refractivity contribution in [2.75, 3.05) is 13.1 Å². The fraction of sp³-hybridized carbons (Fsp3) is 0.174. The van der Waals surface area contributed by atoms with E-state index in [1.165, 1.54) is 40.0 Å². The average molecular weight is 534 g/mol. The number of carbonyl (C=O) groups excluding carboxylic acids is 1.